The van der Waals surface area contributed by atoms with Crippen molar-refractivity contribution in [3.05, 3.63) is 71.6 Å². The number of nitrogens with zero attached hydrogens (tertiary/aromatic N) is 6. The van der Waals surface area contributed by atoms with Crippen LogP contribution in [-0.4, -0.2) is 63.7 Å². The summed E-state index contributed by atoms with van der Waals surface area (Å²) in [6, 6.07) is 14.9. The van der Waals surface area contributed by atoms with E-state index in [0.29, 0.717) is 59.9 Å². The Bertz CT molecular complexity index is 1540. The molecule has 4 heterocycles. The van der Waals surface area contributed by atoms with Crippen molar-refractivity contribution >= 4 is 40.0 Å². The Morgan fingerprint density at radius 2 is 1.89 bits per heavy atom. The highest BCUT2D eigenvalue weighted by Gasteiger charge is 2.27. The Kier molecular flexibility index (Phi) is 5.26. The van der Waals surface area contributed by atoms with Gasteiger partial charge in [0, 0.05) is 36.6 Å². The van der Waals surface area contributed by atoms with Gasteiger partial charge in [0.25, 0.3) is 5.91 Å². The van der Waals surface area contributed by atoms with Crippen LogP contribution in [0.25, 0.3) is 27.9 Å². The van der Waals surface area contributed by atoms with Crippen LogP contribution in [0.3, 0.4) is 0 Å². The maximum atomic E-state index is 12.8. The van der Waals surface area contributed by atoms with E-state index in [1.807, 2.05) is 51.8 Å². The van der Waals surface area contributed by atoms with Gasteiger partial charge in [0.1, 0.15) is 12.0 Å². The van der Waals surface area contributed by atoms with Crippen molar-refractivity contribution in [3.63, 3.8) is 0 Å². The molecule has 1 fully saturated rings. The predicted molar refractivity (Wildman–Crippen MR) is 132 cm³/mol. The fourth-order valence-electron chi connectivity index (χ4n) is 4.49. The van der Waals surface area contributed by atoms with Crippen LogP contribution in [0.1, 0.15) is 10.4 Å². The predicted octanol–water partition coefficient (Wildman–Crippen LogP) is 4.16. The first-order valence-corrected chi connectivity index (χ1v) is 11.6. The molecule has 0 atom stereocenters. The van der Waals surface area contributed by atoms with E-state index in [-0.39, 0.29) is 5.91 Å². The second kappa shape index (κ2) is 8.59. The lowest BCUT2D eigenvalue weighted by Crippen LogP contribution is -2.49. The van der Waals surface area contributed by atoms with Crippen molar-refractivity contribution in [1.82, 2.24) is 24.5 Å². The molecular formula is C25H21ClN6O3. The molecule has 1 saturated heterocycles. The van der Waals surface area contributed by atoms with Gasteiger partial charge in [-0.2, -0.15) is 0 Å². The summed E-state index contributed by atoms with van der Waals surface area (Å²) in [7, 11) is 1.63. The van der Waals surface area contributed by atoms with Crippen molar-refractivity contribution in [2.24, 2.45) is 0 Å². The number of amides is 1. The quantitative estimate of drug-likeness (QED) is 0.375. The largest absolute Gasteiger partial charge is 0.496 e. The van der Waals surface area contributed by atoms with E-state index in [1.54, 1.807) is 13.2 Å². The third-order valence-corrected chi connectivity index (χ3v) is 6.49. The highest BCUT2D eigenvalue weighted by atomic mass is 35.5. The van der Waals surface area contributed by atoms with Crippen LogP contribution in [0, 0.1) is 0 Å². The normalized spacial score (nSPS) is 14.1. The lowest BCUT2D eigenvalue weighted by atomic mass is 10.2. The molecule has 176 valence electrons. The van der Waals surface area contributed by atoms with Crippen LogP contribution in [-0.2, 0) is 0 Å². The molecule has 3 aromatic heterocycles. The molecule has 0 saturated carbocycles. The summed E-state index contributed by atoms with van der Waals surface area (Å²) < 4.78 is 12.6. The number of aromatic nitrogens is 4. The summed E-state index contributed by atoms with van der Waals surface area (Å²) in [5, 5.41) is 10.5. The van der Waals surface area contributed by atoms with Crippen LogP contribution in [0.5, 0.6) is 5.75 Å². The number of methoxy groups -OCH3 is 1. The summed E-state index contributed by atoms with van der Waals surface area (Å²) >= 11 is 6.29. The average molecular weight is 489 g/mol. The molecule has 9 nitrogen and oxygen atoms in total. The molecular weight excluding hydrogens is 468 g/mol. The first kappa shape index (κ1) is 21.4. The Morgan fingerprint density at radius 1 is 1.06 bits per heavy atom. The molecule has 2 aromatic carbocycles. The Labute approximate surface area is 205 Å². The number of hydrogen-bond donors (Lipinski definition) is 0. The van der Waals surface area contributed by atoms with E-state index in [9.17, 15) is 4.79 Å². The second-order valence-electron chi connectivity index (χ2n) is 8.25. The molecule has 0 bridgehead atoms. The first-order valence-electron chi connectivity index (χ1n) is 11.2. The smallest absolute Gasteiger partial charge is 0.257 e. The van der Waals surface area contributed by atoms with Crippen molar-refractivity contribution < 1.29 is 13.9 Å². The number of halogens is 1. The number of para-hydroxylation sites is 1. The third-order valence-electron chi connectivity index (χ3n) is 6.25. The molecule has 0 radical (unpaired) electrons. The molecule has 1 aliphatic heterocycles. The molecule has 5 aromatic rings. The maximum Gasteiger partial charge on any atom is 0.257 e. The van der Waals surface area contributed by atoms with E-state index in [0.717, 1.165) is 16.5 Å². The van der Waals surface area contributed by atoms with Crippen molar-refractivity contribution in [3.8, 4) is 17.1 Å². The summed E-state index contributed by atoms with van der Waals surface area (Å²) in [6.45, 7) is 2.29. The van der Waals surface area contributed by atoms with Gasteiger partial charge in [-0.3, -0.25) is 4.79 Å². The van der Waals surface area contributed by atoms with Gasteiger partial charge >= 0.3 is 0 Å². The Morgan fingerprint density at radius 3 is 2.66 bits per heavy atom. The summed E-state index contributed by atoms with van der Waals surface area (Å²) in [5.74, 6) is 1.98. The molecule has 1 amide bonds. The van der Waals surface area contributed by atoms with Gasteiger partial charge in [-0.1, -0.05) is 23.7 Å². The summed E-state index contributed by atoms with van der Waals surface area (Å²) in [5.41, 5.74) is 2.78. The maximum absolute atomic E-state index is 12.8. The van der Waals surface area contributed by atoms with Gasteiger partial charge in [0.05, 0.1) is 30.0 Å². The molecule has 6 rings (SSSR count). The van der Waals surface area contributed by atoms with E-state index in [2.05, 4.69) is 15.1 Å². The van der Waals surface area contributed by atoms with Gasteiger partial charge < -0.3 is 19.0 Å². The van der Waals surface area contributed by atoms with E-state index in [4.69, 9.17) is 25.7 Å². The van der Waals surface area contributed by atoms with Crippen molar-refractivity contribution in [1.29, 1.82) is 0 Å². The zero-order chi connectivity index (χ0) is 23.9. The van der Waals surface area contributed by atoms with Gasteiger partial charge in [-0.05, 0) is 36.4 Å². The van der Waals surface area contributed by atoms with E-state index < -0.39 is 0 Å². The zero-order valence-electron chi connectivity index (χ0n) is 18.9. The van der Waals surface area contributed by atoms with Crippen LogP contribution >= 0.6 is 11.6 Å². The number of fused-ring (bicyclic) bond motifs is 3. The lowest BCUT2D eigenvalue weighted by Gasteiger charge is -2.35. The molecule has 0 N–H and O–H groups in total. The minimum absolute atomic E-state index is 0.0409. The van der Waals surface area contributed by atoms with Crippen LogP contribution < -0.4 is 9.64 Å². The highest BCUT2D eigenvalue weighted by Crippen LogP contribution is 2.33. The van der Waals surface area contributed by atoms with E-state index in [1.165, 1.54) is 12.5 Å². The fourth-order valence-corrected chi connectivity index (χ4v) is 4.65. The number of benzene rings is 2. The molecule has 10 heteroatoms. The van der Waals surface area contributed by atoms with E-state index >= 15 is 0 Å². The number of furan rings is 1. The summed E-state index contributed by atoms with van der Waals surface area (Å²) in [4.78, 5) is 21.7. The molecule has 0 aliphatic carbocycles. The van der Waals surface area contributed by atoms with Crippen molar-refractivity contribution in [2.45, 2.75) is 0 Å². The molecule has 0 unspecified atom stereocenters. The third kappa shape index (κ3) is 3.64. The van der Waals surface area contributed by atoms with Crippen LogP contribution in [0.2, 0.25) is 5.02 Å². The van der Waals surface area contributed by atoms with Crippen LogP contribution in [0.4, 0.5) is 5.95 Å². The fraction of sp³-hybridized carbons (Fsp3) is 0.200. The number of piperazine rings is 1. The highest BCUT2D eigenvalue weighted by molar-refractivity contribution is 6.31. The van der Waals surface area contributed by atoms with Gasteiger partial charge in [0.15, 0.2) is 11.5 Å². The first-order chi connectivity index (χ1) is 17.1. The Hall–Kier alpha value is -4.11. The topological polar surface area (TPSA) is 89.0 Å². The van der Waals surface area contributed by atoms with Crippen molar-refractivity contribution in [2.75, 3.05) is 38.2 Å². The zero-order valence-corrected chi connectivity index (χ0v) is 19.6. The molecule has 35 heavy (non-hydrogen) atoms. The monoisotopic (exact) mass is 488 g/mol. The van der Waals surface area contributed by atoms with Crippen LogP contribution in [0.15, 0.2) is 65.5 Å². The Balaban J connectivity index is 1.45. The summed E-state index contributed by atoms with van der Waals surface area (Å²) in [6.07, 6.45) is 2.99. The standard InChI is InChI=1S/C25H21ClN6O3/c1-34-21-5-3-2-4-19(21)23-29-28-22-18-7-6-17(26)14-20(18)27-25(32(22)23)31-11-9-30(10-12-31)24(33)16-8-13-35-15-16/h2-8,13-15H,9-12H2,1H3. The number of hydrogen-bond acceptors (Lipinski definition) is 7. The SMILES string of the molecule is COc1ccccc1-c1nnc2c3ccc(Cl)cc3nc(N3CCN(C(=O)c4ccoc4)CC3)n12. The lowest BCUT2D eigenvalue weighted by molar-refractivity contribution is 0.0745. The molecule has 1 aliphatic rings. The van der Waals surface area contributed by atoms with Gasteiger partial charge in [0.2, 0.25) is 5.95 Å². The van der Waals surface area contributed by atoms with Gasteiger partial charge in [-0.15, -0.1) is 10.2 Å². The number of rotatable bonds is 4. The number of carbonyl (C=O) groups is 1. The number of carbonyl (C=O) groups excluding carboxylic acids is 1. The molecule has 0 spiro atoms. The average Bonchev–Trinajstić information content (AvgIpc) is 3.59. The minimum Gasteiger partial charge on any atom is -0.496 e. The number of ether oxygens (including phenoxy) is 1. The number of anilines is 1. The minimum atomic E-state index is -0.0409. The van der Waals surface area contributed by atoms with Gasteiger partial charge in [-0.25, -0.2) is 9.38 Å². The second-order valence-corrected chi connectivity index (χ2v) is 8.68.